The zero-order valence-corrected chi connectivity index (χ0v) is 9.09. The third kappa shape index (κ3) is 2.64. The van der Waals surface area contributed by atoms with Crippen LogP contribution in [0.2, 0.25) is 0 Å². The molecule has 2 rings (SSSR count). The molecule has 2 aromatic rings. The fraction of sp³-hybridized carbons (Fsp3) is 0.0714. The average Bonchev–Trinajstić information content (AvgIpc) is 2.30. The molecule has 0 spiro atoms. The van der Waals surface area contributed by atoms with Crippen LogP contribution in [0.3, 0.4) is 0 Å². The number of aromatic carboxylic acids is 1. The maximum Gasteiger partial charge on any atom is 0.335 e. The lowest BCUT2D eigenvalue weighted by Crippen LogP contribution is -2.04. The van der Waals surface area contributed by atoms with Crippen LogP contribution in [-0.2, 0) is 6.42 Å². The van der Waals surface area contributed by atoms with Crippen molar-refractivity contribution >= 4 is 5.97 Å². The summed E-state index contributed by atoms with van der Waals surface area (Å²) in [6.07, 6.45) is 0.457. The minimum absolute atomic E-state index is 0.166. The molecule has 0 unspecified atom stereocenters. The summed E-state index contributed by atoms with van der Waals surface area (Å²) in [5, 5.41) is 20.3. The highest BCUT2D eigenvalue weighted by molar-refractivity contribution is 5.89. The Morgan fingerprint density at radius 2 is 1.82 bits per heavy atom. The van der Waals surface area contributed by atoms with Crippen molar-refractivity contribution in [3.05, 3.63) is 65.2 Å². The third-order valence-electron chi connectivity index (χ3n) is 2.54. The minimum atomic E-state index is -1.00. The summed E-state index contributed by atoms with van der Waals surface area (Å²) in [4.78, 5) is 11.0. The highest BCUT2D eigenvalue weighted by Gasteiger charge is 2.09. The highest BCUT2D eigenvalue weighted by atomic mass is 16.4. The number of hydrogen-bond acceptors (Lipinski definition) is 2. The van der Waals surface area contributed by atoms with Crippen molar-refractivity contribution < 1.29 is 15.0 Å². The largest absolute Gasteiger partial charge is 0.872 e. The number of benzene rings is 2. The molecule has 0 amide bonds. The molecule has 0 bridgehead atoms. The standard InChI is InChI=1S/C14H12O3/c15-12-6-7-13(14(16)17)11(9-12)8-10-4-2-1-3-5-10/h1-7,9,15H,8H2,(H,16,17)/p-1. The van der Waals surface area contributed by atoms with Crippen molar-refractivity contribution in [3.8, 4) is 5.75 Å². The Bertz CT molecular complexity index is 532. The zero-order valence-electron chi connectivity index (χ0n) is 9.09. The molecule has 0 aliphatic rings. The van der Waals surface area contributed by atoms with Crippen LogP contribution in [0.25, 0.3) is 0 Å². The van der Waals surface area contributed by atoms with E-state index in [4.69, 9.17) is 5.11 Å². The van der Waals surface area contributed by atoms with Gasteiger partial charge in [-0.2, -0.15) is 0 Å². The summed E-state index contributed by atoms with van der Waals surface area (Å²) < 4.78 is 0. The second kappa shape index (κ2) is 4.70. The molecular weight excluding hydrogens is 216 g/mol. The van der Waals surface area contributed by atoms with Crippen LogP contribution in [0.1, 0.15) is 21.5 Å². The lowest BCUT2D eigenvalue weighted by atomic mass is 9.99. The summed E-state index contributed by atoms with van der Waals surface area (Å²) in [6, 6.07) is 13.5. The molecule has 0 aromatic heterocycles. The Balaban J connectivity index is 2.37. The van der Waals surface area contributed by atoms with Gasteiger partial charge in [-0.3, -0.25) is 0 Å². The van der Waals surface area contributed by atoms with Crippen LogP contribution in [-0.4, -0.2) is 11.1 Å². The van der Waals surface area contributed by atoms with Crippen LogP contribution in [0.5, 0.6) is 5.75 Å². The molecule has 1 N–H and O–H groups in total. The number of carbonyl (C=O) groups is 1. The van der Waals surface area contributed by atoms with E-state index in [9.17, 15) is 9.90 Å². The van der Waals surface area contributed by atoms with E-state index in [1.165, 1.54) is 18.2 Å². The van der Waals surface area contributed by atoms with Gasteiger partial charge in [0.1, 0.15) is 0 Å². The van der Waals surface area contributed by atoms with Crippen LogP contribution in [0.15, 0.2) is 48.5 Å². The van der Waals surface area contributed by atoms with Crippen LogP contribution < -0.4 is 5.11 Å². The first kappa shape index (κ1) is 11.2. The van der Waals surface area contributed by atoms with Crippen molar-refractivity contribution in [2.24, 2.45) is 0 Å². The van der Waals surface area contributed by atoms with Crippen molar-refractivity contribution in [2.45, 2.75) is 6.42 Å². The molecule has 3 heteroatoms. The summed E-state index contributed by atoms with van der Waals surface area (Å²) in [5.74, 6) is -1.17. The van der Waals surface area contributed by atoms with Gasteiger partial charge >= 0.3 is 5.97 Å². The summed E-state index contributed by atoms with van der Waals surface area (Å²) in [6.45, 7) is 0. The average molecular weight is 227 g/mol. The Morgan fingerprint density at radius 3 is 2.47 bits per heavy atom. The first-order valence-electron chi connectivity index (χ1n) is 5.24. The second-order valence-corrected chi connectivity index (χ2v) is 3.79. The third-order valence-corrected chi connectivity index (χ3v) is 2.54. The first-order valence-corrected chi connectivity index (χ1v) is 5.24. The molecule has 0 aliphatic heterocycles. The fourth-order valence-corrected chi connectivity index (χ4v) is 1.74. The molecular formula is C14H11O3-. The minimum Gasteiger partial charge on any atom is -0.872 e. The molecule has 0 radical (unpaired) electrons. The van der Waals surface area contributed by atoms with Crippen molar-refractivity contribution in [2.75, 3.05) is 0 Å². The lowest BCUT2D eigenvalue weighted by Gasteiger charge is -2.11. The van der Waals surface area contributed by atoms with Crippen LogP contribution in [0.4, 0.5) is 0 Å². The van der Waals surface area contributed by atoms with E-state index in [0.29, 0.717) is 12.0 Å². The molecule has 0 fully saturated rings. The van der Waals surface area contributed by atoms with E-state index >= 15 is 0 Å². The van der Waals surface area contributed by atoms with Gasteiger partial charge in [0, 0.05) is 0 Å². The highest BCUT2D eigenvalue weighted by Crippen LogP contribution is 2.18. The fourth-order valence-electron chi connectivity index (χ4n) is 1.74. The summed E-state index contributed by atoms with van der Waals surface area (Å²) in [5.41, 5.74) is 1.73. The van der Waals surface area contributed by atoms with Gasteiger partial charge in [0.2, 0.25) is 0 Å². The van der Waals surface area contributed by atoms with Crippen LogP contribution >= 0.6 is 0 Å². The maximum atomic E-state index is 11.3. The van der Waals surface area contributed by atoms with Crippen LogP contribution in [0, 0.1) is 0 Å². The molecule has 0 aliphatic carbocycles. The number of hydrogen-bond donors (Lipinski definition) is 1. The Hall–Kier alpha value is -2.29. The van der Waals surface area contributed by atoms with Gasteiger partial charge in [-0.25, -0.2) is 4.79 Å². The van der Waals surface area contributed by atoms with E-state index in [0.717, 1.165) is 5.56 Å². The topological polar surface area (TPSA) is 60.4 Å². The van der Waals surface area contributed by atoms with Gasteiger partial charge in [-0.1, -0.05) is 42.5 Å². The lowest BCUT2D eigenvalue weighted by molar-refractivity contribution is -0.268. The maximum absolute atomic E-state index is 11.3. The van der Waals surface area contributed by atoms with Crippen molar-refractivity contribution in [1.82, 2.24) is 0 Å². The predicted octanol–water partition coefficient (Wildman–Crippen LogP) is 2.05. The van der Waals surface area contributed by atoms with Gasteiger partial charge in [0.05, 0.1) is 5.56 Å². The Morgan fingerprint density at radius 1 is 1.12 bits per heavy atom. The van der Waals surface area contributed by atoms with Gasteiger partial charge in [0.25, 0.3) is 0 Å². The van der Waals surface area contributed by atoms with E-state index in [2.05, 4.69) is 0 Å². The quantitative estimate of drug-likeness (QED) is 0.872. The Labute approximate surface area is 99.0 Å². The normalized spacial score (nSPS) is 10.1. The number of carboxylic acids is 1. The summed E-state index contributed by atoms with van der Waals surface area (Å²) in [7, 11) is 0. The molecule has 2 aromatic carbocycles. The van der Waals surface area contributed by atoms with E-state index in [1.54, 1.807) is 0 Å². The first-order chi connectivity index (χ1) is 8.16. The SMILES string of the molecule is O=C(O)c1ccc([O-])cc1Cc1ccccc1. The molecule has 17 heavy (non-hydrogen) atoms. The molecule has 0 atom stereocenters. The Kier molecular flexibility index (Phi) is 3.10. The van der Waals surface area contributed by atoms with Gasteiger partial charge < -0.3 is 10.2 Å². The predicted molar refractivity (Wildman–Crippen MR) is 62.1 cm³/mol. The van der Waals surface area contributed by atoms with Crippen molar-refractivity contribution in [3.63, 3.8) is 0 Å². The van der Waals surface area contributed by atoms with Gasteiger partial charge in [-0.15, -0.1) is 5.75 Å². The van der Waals surface area contributed by atoms with Gasteiger partial charge in [-0.05, 0) is 23.6 Å². The molecule has 0 heterocycles. The molecule has 3 nitrogen and oxygen atoms in total. The smallest absolute Gasteiger partial charge is 0.335 e. The number of rotatable bonds is 3. The summed E-state index contributed by atoms with van der Waals surface area (Å²) >= 11 is 0. The van der Waals surface area contributed by atoms with E-state index in [-0.39, 0.29) is 11.3 Å². The molecule has 0 saturated heterocycles. The molecule has 86 valence electrons. The van der Waals surface area contributed by atoms with Gasteiger partial charge in [0.15, 0.2) is 0 Å². The van der Waals surface area contributed by atoms with Crippen molar-refractivity contribution in [1.29, 1.82) is 0 Å². The molecule has 0 saturated carbocycles. The zero-order chi connectivity index (χ0) is 12.3. The van der Waals surface area contributed by atoms with E-state index < -0.39 is 5.97 Å². The number of carboxylic acid groups (broad SMARTS) is 1. The monoisotopic (exact) mass is 227 g/mol. The van der Waals surface area contributed by atoms with E-state index in [1.807, 2.05) is 30.3 Å². The second-order valence-electron chi connectivity index (χ2n) is 3.79.